The highest BCUT2D eigenvalue weighted by molar-refractivity contribution is 6.29. The standard InChI is InChI=1S/C62H52N2O2/c1-37-25-33-47(61(3,4)5)59-53(37)45-21-15-23-51(57(45)65-59)63(41-17-11-9-12-18-41)49-35-29-39-28-32-44-50(36-30-40-27-31-43(49)55(39)56(40)44)64(42-19-13-10-14-20-42)52-24-16-22-46-54-38(2)26-34-48(62(6,7)8)60(54)66-58(46)52/h9-36H,1-8H3. The lowest BCUT2D eigenvalue weighted by Crippen LogP contribution is -2.12. The fourth-order valence-corrected chi connectivity index (χ4v) is 10.8. The molecule has 322 valence electrons. The van der Waals surface area contributed by atoms with Crippen LogP contribution in [0.1, 0.15) is 63.8 Å². The molecule has 0 unspecified atom stereocenters. The van der Waals surface area contributed by atoms with Crippen LogP contribution in [0.5, 0.6) is 0 Å². The normalized spacial score (nSPS) is 12.5. The third kappa shape index (κ3) is 5.97. The van der Waals surface area contributed by atoms with Gasteiger partial charge in [0.15, 0.2) is 11.2 Å². The van der Waals surface area contributed by atoms with Crippen molar-refractivity contribution in [3.63, 3.8) is 0 Å². The minimum Gasteiger partial charge on any atom is -0.454 e. The summed E-state index contributed by atoms with van der Waals surface area (Å²) in [6.45, 7) is 18.0. The Morgan fingerprint density at radius 1 is 0.318 bits per heavy atom. The van der Waals surface area contributed by atoms with Crippen LogP contribution >= 0.6 is 0 Å². The molecule has 0 aliphatic heterocycles. The van der Waals surface area contributed by atoms with Crippen LogP contribution in [0.15, 0.2) is 179 Å². The highest BCUT2D eigenvalue weighted by Crippen LogP contribution is 2.51. The summed E-state index contributed by atoms with van der Waals surface area (Å²) >= 11 is 0. The van der Waals surface area contributed by atoms with E-state index in [9.17, 15) is 0 Å². The molecule has 4 heteroatoms. The number of aryl methyl sites for hydroxylation is 2. The van der Waals surface area contributed by atoms with Gasteiger partial charge in [0.25, 0.3) is 0 Å². The first-order valence-corrected chi connectivity index (χ1v) is 23.2. The number of anilines is 6. The SMILES string of the molecule is Cc1ccc(C(C)(C)C)c2oc3c(N(c4ccccc4)c4ccc5ccc6c(N(c7ccccc7)c7cccc8c7oc7c(C(C)(C)C)ccc(C)c78)ccc7ccc4c5c76)cccc3c12. The van der Waals surface area contributed by atoms with Crippen molar-refractivity contribution in [2.45, 2.75) is 66.2 Å². The van der Waals surface area contributed by atoms with E-state index in [2.05, 4.69) is 235 Å². The Hall–Kier alpha value is -7.56. The molecule has 10 aromatic carbocycles. The third-order valence-corrected chi connectivity index (χ3v) is 13.9. The minimum absolute atomic E-state index is 0.0897. The fourth-order valence-electron chi connectivity index (χ4n) is 10.8. The summed E-state index contributed by atoms with van der Waals surface area (Å²) in [4.78, 5) is 4.80. The number of furan rings is 2. The van der Waals surface area contributed by atoms with E-state index in [1.165, 1.54) is 65.3 Å². The smallest absolute Gasteiger partial charge is 0.159 e. The van der Waals surface area contributed by atoms with Gasteiger partial charge >= 0.3 is 0 Å². The van der Waals surface area contributed by atoms with E-state index in [1.807, 2.05) is 0 Å². The average Bonchev–Trinajstić information content (AvgIpc) is 3.91. The average molecular weight is 857 g/mol. The molecule has 2 heterocycles. The molecule has 0 amide bonds. The van der Waals surface area contributed by atoms with Crippen LogP contribution in [0.25, 0.3) is 76.2 Å². The number of para-hydroxylation sites is 4. The van der Waals surface area contributed by atoms with Gasteiger partial charge in [-0.2, -0.15) is 0 Å². The molecule has 4 nitrogen and oxygen atoms in total. The van der Waals surface area contributed by atoms with Gasteiger partial charge in [-0.05, 0) is 106 Å². The van der Waals surface area contributed by atoms with Crippen molar-refractivity contribution >= 4 is 110 Å². The first kappa shape index (κ1) is 40.0. The van der Waals surface area contributed by atoms with Crippen molar-refractivity contribution in [3.8, 4) is 0 Å². The van der Waals surface area contributed by atoms with Gasteiger partial charge in [0.05, 0.1) is 22.7 Å². The molecule has 0 fully saturated rings. The van der Waals surface area contributed by atoms with Crippen LogP contribution in [-0.4, -0.2) is 0 Å². The van der Waals surface area contributed by atoms with E-state index in [0.717, 1.165) is 67.2 Å². The van der Waals surface area contributed by atoms with Crippen LogP contribution in [0.4, 0.5) is 34.1 Å². The van der Waals surface area contributed by atoms with Crippen molar-refractivity contribution in [3.05, 3.63) is 192 Å². The van der Waals surface area contributed by atoms with E-state index in [-0.39, 0.29) is 10.8 Å². The Morgan fingerprint density at radius 3 is 1.11 bits per heavy atom. The molecule has 0 saturated carbocycles. The number of nitrogens with zero attached hydrogens (tertiary/aromatic N) is 2. The molecule has 12 aromatic rings. The summed E-state index contributed by atoms with van der Waals surface area (Å²) in [6.07, 6.45) is 0. The van der Waals surface area contributed by atoms with Gasteiger partial charge in [0.2, 0.25) is 0 Å². The molecule has 0 N–H and O–H groups in total. The maximum absolute atomic E-state index is 7.12. The summed E-state index contributed by atoms with van der Waals surface area (Å²) in [5.41, 5.74) is 14.7. The number of fused-ring (bicyclic) bond motifs is 6. The first-order valence-electron chi connectivity index (χ1n) is 23.2. The number of benzene rings is 10. The van der Waals surface area contributed by atoms with Crippen molar-refractivity contribution in [2.24, 2.45) is 0 Å². The molecule has 0 spiro atoms. The van der Waals surface area contributed by atoms with Gasteiger partial charge < -0.3 is 18.6 Å². The van der Waals surface area contributed by atoms with Crippen LogP contribution in [0, 0.1) is 13.8 Å². The summed E-state index contributed by atoms with van der Waals surface area (Å²) in [5.74, 6) is 0. The van der Waals surface area contributed by atoms with Crippen molar-refractivity contribution in [1.82, 2.24) is 0 Å². The third-order valence-electron chi connectivity index (χ3n) is 13.9. The molecule has 0 atom stereocenters. The molecule has 0 radical (unpaired) electrons. The lowest BCUT2D eigenvalue weighted by Gasteiger charge is -2.29. The zero-order valence-electron chi connectivity index (χ0n) is 38.9. The van der Waals surface area contributed by atoms with Crippen molar-refractivity contribution < 1.29 is 8.83 Å². The highest BCUT2D eigenvalue weighted by atomic mass is 16.3. The molecule has 12 rings (SSSR count). The lowest BCUT2D eigenvalue weighted by atomic mass is 9.85. The van der Waals surface area contributed by atoms with Crippen LogP contribution in [-0.2, 0) is 10.8 Å². The second-order valence-corrected chi connectivity index (χ2v) is 20.2. The van der Waals surface area contributed by atoms with Crippen LogP contribution < -0.4 is 9.80 Å². The second-order valence-electron chi connectivity index (χ2n) is 20.2. The molecular formula is C62H52N2O2. The molecule has 0 aliphatic carbocycles. The summed E-state index contributed by atoms with van der Waals surface area (Å²) < 4.78 is 14.2. The van der Waals surface area contributed by atoms with E-state index >= 15 is 0 Å². The topological polar surface area (TPSA) is 32.8 Å². The van der Waals surface area contributed by atoms with E-state index in [4.69, 9.17) is 8.83 Å². The van der Waals surface area contributed by atoms with E-state index in [1.54, 1.807) is 0 Å². The molecule has 0 saturated heterocycles. The monoisotopic (exact) mass is 856 g/mol. The quantitative estimate of drug-likeness (QED) is 0.156. The maximum Gasteiger partial charge on any atom is 0.159 e. The van der Waals surface area contributed by atoms with Crippen LogP contribution in [0.3, 0.4) is 0 Å². The van der Waals surface area contributed by atoms with Gasteiger partial charge in [-0.1, -0.05) is 163 Å². The largest absolute Gasteiger partial charge is 0.454 e. The Bertz CT molecular complexity index is 3610. The summed E-state index contributed by atoms with van der Waals surface area (Å²) in [6, 6.07) is 62.0. The Kier molecular flexibility index (Phi) is 8.77. The molecule has 0 bridgehead atoms. The predicted molar refractivity (Wildman–Crippen MR) is 281 cm³/mol. The number of rotatable bonds is 6. The molecular weight excluding hydrogens is 805 g/mol. The second kappa shape index (κ2) is 14.5. The first-order chi connectivity index (χ1) is 31.9. The fraction of sp³-hybridized carbons (Fsp3) is 0.161. The van der Waals surface area contributed by atoms with Crippen molar-refractivity contribution in [2.75, 3.05) is 9.80 Å². The summed E-state index contributed by atoms with van der Waals surface area (Å²) in [5, 5.41) is 11.8. The molecule has 0 aliphatic rings. The Labute approximate surface area is 385 Å². The van der Waals surface area contributed by atoms with Gasteiger partial charge in [-0.3, -0.25) is 0 Å². The number of hydrogen-bond donors (Lipinski definition) is 0. The maximum atomic E-state index is 7.12. The summed E-state index contributed by atoms with van der Waals surface area (Å²) in [7, 11) is 0. The number of hydrogen-bond acceptors (Lipinski definition) is 4. The van der Waals surface area contributed by atoms with E-state index < -0.39 is 0 Å². The minimum atomic E-state index is -0.0897. The zero-order chi connectivity index (χ0) is 45.2. The Balaban J connectivity index is 1.12. The molecule has 66 heavy (non-hydrogen) atoms. The predicted octanol–water partition coefficient (Wildman–Crippen LogP) is 18.5. The van der Waals surface area contributed by atoms with E-state index in [0.29, 0.717) is 0 Å². The van der Waals surface area contributed by atoms with Crippen molar-refractivity contribution in [1.29, 1.82) is 0 Å². The molecule has 2 aromatic heterocycles. The Morgan fingerprint density at radius 2 is 0.712 bits per heavy atom. The van der Waals surface area contributed by atoms with Gasteiger partial charge in [0, 0.05) is 54.8 Å². The lowest BCUT2D eigenvalue weighted by molar-refractivity contribution is 0.572. The zero-order valence-corrected chi connectivity index (χ0v) is 38.9. The van der Waals surface area contributed by atoms with Gasteiger partial charge in [0.1, 0.15) is 11.2 Å². The van der Waals surface area contributed by atoms with Gasteiger partial charge in [-0.15, -0.1) is 0 Å². The van der Waals surface area contributed by atoms with Crippen LogP contribution in [0.2, 0.25) is 0 Å². The highest BCUT2D eigenvalue weighted by Gasteiger charge is 2.29. The van der Waals surface area contributed by atoms with Gasteiger partial charge in [-0.25, -0.2) is 0 Å².